The molecule has 0 radical (unpaired) electrons. The van der Waals surface area contributed by atoms with Crippen LogP contribution in [0.4, 0.5) is 39.5 Å². The number of urea groups is 1. The zero-order valence-corrected chi connectivity index (χ0v) is 21.3. The van der Waals surface area contributed by atoms with E-state index < -0.39 is 23.6 Å². The summed E-state index contributed by atoms with van der Waals surface area (Å²) in [7, 11) is 1.41. The lowest BCUT2D eigenvalue weighted by Gasteiger charge is -2.26. The standard InChI is InChI=1S/C26H25F4N7O3/c1-39-22-10-15(2-5-21(22)35-25(38)34-16-3-4-20(27)19(11-16)26(28,29)30)18-12-17(13-36-6-8-40-9-7-36)37-23(18)24(31)32-14-33-37/h2-5,10-12,14H,6-9,13H2,1H3,(H2,31,32,33)(H2,34,35,38). The van der Waals surface area contributed by atoms with E-state index in [1.165, 1.54) is 13.4 Å². The predicted molar refractivity (Wildman–Crippen MR) is 140 cm³/mol. The van der Waals surface area contributed by atoms with Crippen molar-refractivity contribution in [3.8, 4) is 16.9 Å². The van der Waals surface area contributed by atoms with Crippen LogP contribution in [0.3, 0.4) is 0 Å². The van der Waals surface area contributed by atoms with Gasteiger partial charge in [-0.1, -0.05) is 6.07 Å². The highest BCUT2D eigenvalue weighted by molar-refractivity contribution is 6.01. The molecule has 0 spiro atoms. The summed E-state index contributed by atoms with van der Waals surface area (Å²) in [5.41, 5.74) is 7.75. The number of morpholine rings is 1. The Kier molecular flexibility index (Phi) is 7.45. The van der Waals surface area contributed by atoms with E-state index in [1.807, 2.05) is 6.07 Å². The summed E-state index contributed by atoms with van der Waals surface area (Å²) in [6, 6.07) is 8.33. The fourth-order valence-corrected chi connectivity index (χ4v) is 4.52. The number of nitrogens with zero attached hydrogens (tertiary/aromatic N) is 4. The quantitative estimate of drug-likeness (QED) is 0.295. The van der Waals surface area contributed by atoms with Gasteiger partial charge in [0.15, 0.2) is 5.82 Å². The molecule has 1 fully saturated rings. The number of anilines is 3. The molecule has 3 heterocycles. The van der Waals surface area contributed by atoms with Crippen LogP contribution in [0.15, 0.2) is 48.8 Å². The maximum absolute atomic E-state index is 13.6. The minimum absolute atomic E-state index is 0.231. The maximum Gasteiger partial charge on any atom is 0.419 e. The van der Waals surface area contributed by atoms with Crippen molar-refractivity contribution >= 4 is 28.7 Å². The summed E-state index contributed by atoms with van der Waals surface area (Å²) >= 11 is 0. The van der Waals surface area contributed by atoms with E-state index in [1.54, 1.807) is 22.7 Å². The molecular weight excluding hydrogens is 534 g/mol. The van der Waals surface area contributed by atoms with Gasteiger partial charge >= 0.3 is 12.2 Å². The molecule has 1 saturated heterocycles. The number of ether oxygens (including phenoxy) is 2. The topological polar surface area (TPSA) is 119 Å². The van der Waals surface area contributed by atoms with Gasteiger partial charge in [-0.3, -0.25) is 4.90 Å². The van der Waals surface area contributed by atoms with Crippen LogP contribution in [0.25, 0.3) is 16.6 Å². The second-order valence-electron chi connectivity index (χ2n) is 9.03. The molecule has 5 rings (SSSR count). The zero-order chi connectivity index (χ0) is 28.4. The highest BCUT2D eigenvalue weighted by atomic mass is 19.4. The van der Waals surface area contributed by atoms with Crippen LogP contribution >= 0.6 is 0 Å². The number of amides is 2. The summed E-state index contributed by atoms with van der Waals surface area (Å²) in [6.07, 6.45) is -3.52. The molecule has 10 nitrogen and oxygen atoms in total. The number of hydrogen-bond acceptors (Lipinski definition) is 7. The van der Waals surface area contributed by atoms with Crippen molar-refractivity contribution in [2.75, 3.05) is 49.8 Å². The minimum Gasteiger partial charge on any atom is -0.495 e. The largest absolute Gasteiger partial charge is 0.495 e. The second-order valence-corrected chi connectivity index (χ2v) is 9.03. The van der Waals surface area contributed by atoms with E-state index in [2.05, 4.69) is 25.6 Å². The number of halogens is 4. The van der Waals surface area contributed by atoms with E-state index >= 15 is 0 Å². The maximum atomic E-state index is 13.6. The molecular formula is C26H25F4N7O3. The number of carbonyl (C=O) groups is 1. The zero-order valence-electron chi connectivity index (χ0n) is 21.3. The van der Waals surface area contributed by atoms with Gasteiger partial charge in [-0.2, -0.15) is 18.3 Å². The summed E-state index contributed by atoms with van der Waals surface area (Å²) in [5.74, 6) is -0.864. The molecule has 2 amide bonds. The van der Waals surface area contributed by atoms with Gasteiger partial charge < -0.3 is 25.8 Å². The molecule has 1 aliphatic rings. The fourth-order valence-electron chi connectivity index (χ4n) is 4.52. The molecule has 2 aromatic heterocycles. The summed E-state index contributed by atoms with van der Waals surface area (Å²) in [5, 5.41) is 9.22. The molecule has 2 aromatic carbocycles. The van der Waals surface area contributed by atoms with E-state index in [0.29, 0.717) is 43.0 Å². The number of methoxy groups -OCH3 is 1. The summed E-state index contributed by atoms with van der Waals surface area (Å²) in [6.45, 7) is 3.50. The first kappa shape index (κ1) is 27.1. The van der Waals surface area contributed by atoms with Gasteiger partial charge in [0.05, 0.1) is 37.3 Å². The highest BCUT2D eigenvalue weighted by Gasteiger charge is 2.34. The summed E-state index contributed by atoms with van der Waals surface area (Å²) < 4.78 is 65.3. The molecule has 4 N–H and O–H groups in total. The smallest absolute Gasteiger partial charge is 0.419 e. The number of aromatic nitrogens is 3. The minimum atomic E-state index is -4.91. The number of rotatable bonds is 6. The molecule has 0 atom stereocenters. The van der Waals surface area contributed by atoms with Crippen molar-refractivity contribution < 1.29 is 31.8 Å². The van der Waals surface area contributed by atoms with Gasteiger partial charge in [-0.15, -0.1) is 0 Å². The van der Waals surface area contributed by atoms with Crippen LogP contribution in [0.2, 0.25) is 0 Å². The van der Waals surface area contributed by atoms with Crippen LogP contribution in [0, 0.1) is 5.82 Å². The Balaban J connectivity index is 1.40. The molecule has 0 unspecified atom stereocenters. The van der Waals surface area contributed by atoms with Gasteiger partial charge in [-0.25, -0.2) is 18.7 Å². The van der Waals surface area contributed by atoms with Gasteiger partial charge in [0.2, 0.25) is 0 Å². The van der Waals surface area contributed by atoms with Crippen molar-refractivity contribution in [2.24, 2.45) is 0 Å². The molecule has 14 heteroatoms. The second kappa shape index (κ2) is 11.0. The van der Waals surface area contributed by atoms with Gasteiger partial charge in [0.25, 0.3) is 0 Å². The Labute approximate surface area is 225 Å². The average molecular weight is 560 g/mol. The normalized spacial score (nSPS) is 14.3. The lowest BCUT2D eigenvalue weighted by Crippen LogP contribution is -2.36. The number of nitrogens with one attached hydrogen (secondary N) is 2. The van der Waals surface area contributed by atoms with Gasteiger partial charge in [0, 0.05) is 30.9 Å². The first-order valence-corrected chi connectivity index (χ1v) is 12.2. The van der Waals surface area contributed by atoms with Crippen LogP contribution in [0.1, 0.15) is 11.3 Å². The van der Waals surface area contributed by atoms with E-state index in [9.17, 15) is 22.4 Å². The third kappa shape index (κ3) is 5.62. The van der Waals surface area contributed by atoms with Crippen molar-refractivity contribution in [3.05, 3.63) is 65.9 Å². The van der Waals surface area contributed by atoms with E-state index in [-0.39, 0.29) is 22.9 Å². The van der Waals surface area contributed by atoms with Crippen LogP contribution < -0.4 is 21.1 Å². The molecule has 0 aliphatic carbocycles. The Hall–Kier alpha value is -4.43. The Morgan fingerprint density at radius 1 is 1.12 bits per heavy atom. The lowest BCUT2D eigenvalue weighted by atomic mass is 10.1. The predicted octanol–water partition coefficient (Wildman–Crippen LogP) is 4.62. The Morgan fingerprint density at radius 3 is 2.62 bits per heavy atom. The Bertz CT molecular complexity index is 1550. The third-order valence-corrected chi connectivity index (χ3v) is 6.44. The van der Waals surface area contributed by atoms with Crippen LogP contribution in [0.5, 0.6) is 5.75 Å². The number of hydrogen-bond donors (Lipinski definition) is 3. The fraction of sp³-hybridized carbons (Fsp3) is 0.269. The van der Waals surface area contributed by atoms with Crippen molar-refractivity contribution in [2.45, 2.75) is 12.7 Å². The SMILES string of the molecule is COc1cc(-c2cc(CN3CCOCC3)n3ncnc(N)c23)ccc1NC(=O)Nc1ccc(F)c(C(F)(F)F)c1. The van der Waals surface area contributed by atoms with E-state index in [0.717, 1.165) is 30.4 Å². The first-order chi connectivity index (χ1) is 19.1. The molecule has 0 bridgehead atoms. The highest BCUT2D eigenvalue weighted by Crippen LogP contribution is 2.36. The number of fused-ring (bicyclic) bond motifs is 1. The van der Waals surface area contributed by atoms with E-state index in [4.69, 9.17) is 15.2 Å². The number of alkyl halides is 3. The number of benzene rings is 2. The Morgan fingerprint density at radius 2 is 1.90 bits per heavy atom. The van der Waals surface area contributed by atoms with Crippen LogP contribution in [-0.4, -0.2) is 58.9 Å². The molecule has 0 saturated carbocycles. The third-order valence-electron chi connectivity index (χ3n) is 6.44. The van der Waals surface area contributed by atoms with Crippen molar-refractivity contribution in [1.82, 2.24) is 19.5 Å². The number of nitrogens with two attached hydrogens (primary N) is 1. The van der Waals surface area contributed by atoms with Crippen LogP contribution in [-0.2, 0) is 17.5 Å². The molecule has 1 aliphatic heterocycles. The first-order valence-electron chi connectivity index (χ1n) is 12.2. The van der Waals surface area contributed by atoms with Crippen molar-refractivity contribution in [1.29, 1.82) is 0 Å². The molecule has 210 valence electrons. The number of nitrogen functional groups attached to an aromatic ring is 1. The molecule has 4 aromatic rings. The lowest BCUT2D eigenvalue weighted by molar-refractivity contribution is -0.139. The van der Waals surface area contributed by atoms with Crippen molar-refractivity contribution in [3.63, 3.8) is 0 Å². The average Bonchev–Trinajstić information content (AvgIpc) is 3.29. The monoisotopic (exact) mass is 559 g/mol. The van der Waals surface area contributed by atoms with Gasteiger partial charge in [-0.05, 0) is 42.0 Å². The van der Waals surface area contributed by atoms with Gasteiger partial charge in [0.1, 0.15) is 23.4 Å². The number of carbonyl (C=O) groups excluding carboxylic acids is 1. The molecule has 40 heavy (non-hydrogen) atoms. The summed E-state index contributed by atoms with van der Waals surface area (Å²) in [4.78, 5) is 19.0.